The number of aromatic nitrogens is 2. The molecule has 2 heterocycles. The lowest BCUT2D eigenvalue weighted by atomic mass is 9.80. The van der Waals surface area contributed by atoms with E-state index in [1.54, 1.807) is 0 Å². The predicted molar refractivity (Wildman–Crippen MR) is 86.8 cm³/mol. The van der Waals surface area contributed by atoms with Gasteiger partial charge in [-0.25, -0.2) is 4.98 Å². The number of carbonyl (C=O) groups excluding carboxylic acids is 1. The highest BCUT2D eigenvalue weighted by atomic mass is 16.1. The summed E-state index contributed by atoms with van der Waals surface area (Å²) in [6, 6.07) is 9.68. The van der Waals surface area contributed by atoms with Crippen molar-refractivity contribution in [2.75, 3.05) is 13.1 Å². The van der Waals surface area contributed by atoms with Gasteiger partial charge in [0.25, 0.3) is 0 Å². The van der Waals surface area contributed by atoms with E-state index in [1.807, 2.05) is 49.8 Å². The molecule has 1 aromatic heterocycles. The average molecular weight is 297 g/mol. The lowest BCUT2D eigenvalue weighted by molar-refractivity contribution is 0.0828. The fourth-order valence-corrected chi connectivity index (χ4v) is 3.31. The van der Waals surface area contributed by atoms with Gasteiger partial charge in [-0.3, -0.25) is 4.79 Å². The summed E-state index contributed by atoms with van der Waals surface area (Å²) in [5.74, 6) is 0.730. The Bertz CT molecular complexity index is 614. The number of carbonyl (C=O) groups is 1. The van der Waals surface area contributed by atoms with Crippen LogP contribution in [0.1, 0.15) is 28.9 Å². The third-order valence-electron chi connectivity index (χ3n) is 4.52. The van der Waals surface area contributed by atoms with Crippen LogP contribution < -0.4 is 5.32 Å². The molecule has 1 aliphatic rings. The predicted octanol–water partition coefficient (Wildman–Crippen LogP) is 2.69. The maximum absolute atomic E-state index is 13.0. The van der Waals surface area contributed by atoms with Crippen molar-refractivity contribution < 1.29 is 4.79 Å². The fourth-order valence-electron chi connectivity index (χ4n) is 3.31. The topological polar surface area (TPSA) is 46.9 Å². The number of nitrogens with one attached hydrogen (secondary N) is 1. The first kappa shape index (κ1) is 15.0. The molecular formula is C18H23N3O. The van der Waals surface area contributed by atoms with Crippen molar-refractivity contribution in [1.82, 2.24) is 14.9 Å². The lowest BCUT2D eigenvalue weighted by Gasteiger charge is -2.30. The van der Waals surface area contributed by atoms with Crippen LogP contribution in [0.4, 0.5) is 0 Å². The number of rotatable bonds is 5. The number of ketones is 1. The molecule has 1 N–H and O–H groups in total. The number of hydrogen-bond acceptors (Lipinski definition) is 3. The van der Waals surface area contributed by atoms with Crippen LogP contribution in [0.3, 0.4) is 0 Å². The van der Waals surface area contributed by atoms with Crippen LogP contribution in [0.5, 0.6) is 0 Å². The minimum atomic E-state index is 0.0260. The summed E-state index contributed by atoms with van der Waals surface area (Å²) in [4.78, 5) is 17.3. The second-order valence-electron chi connectivity index (χ2n) is 6.14. The maximum Gasteiger partial charge on any atom is 0.168 e. The van der Waals surface area contributed by atoms with Gasteiger partial charge in [0, 0.05) is 24.2 Å². The third-order valence-corrected chi connectivity index (χ3v) is 4.52. The summed E-state index contributed by atoms with van der Waals surface area (Å²) in [5.41, 5.74) is 1.82. The molecule has 116 valence electrons. The van der Waals surface area contributed by atoms with E-state index in [-0.39, 0.29) is 11.7 Å². The van der Waals surface area contributed by atoms with E-state index < -0.39 is 0 Å². The van der Waals surface area contributed by atoms with Gasteiger partial charge < -0.3 is 9.88 Å². The first-order chi connectivity index (χ1) is 10.7. The van der Waals surface area contributed by atoms with E-state index in [9.17, 15) is 4.79 Å². The smallest absolute Gasteiger partial charge is 0.168 e. The van der Waals surface area contributed by atoms with Gasteiger partial charge in [0.05, 0.1) is 12.0 Å². The van der Waals surface area contributed by atoms with Crippen LogP contribution in [0.2, 0.25) is 0 Å². The Morgan fingerprint density at radius 1 is 1.32 bits per heavy atom. The van der Waals surface area contributed by atoms with E-state index in [2.05, 4.69) is 14.9 Å². The molecule has 0 spiro atoms. The van der Waals surface area contributed by atoms with Gasteiger partial charge in [-0.2, -0.15) is 0 Å². The molecule has 1 atom stereocenters. The van der Waals surface area contributed by atoms with E-state index >= 15 is 0 Å². The number of imidazole rings is 1. The molecule has 1 aliphatic heterocycles. The minimum Gasteiger partial charge on any atom is -0.336 e. The van der Waals surface area contributed by atoms with Crippen molar-refractivity contribution in [3.63, 3.8) is 0 Å². The molecule has 0 radical (unpaired) electrons. The van der Waals surface area contributed by atoms with Crippen molar-refractivity contribution in [2.24, 2.45) is 11.8 Å². The fraction of sp³-hybridized carbons (Fsp3) is 0.444. The Balaban J connectivity index is 1.83. The Kier molecular flexibility index (Phi) is 4.68. The van der Waals surface area contributed by atoms with Crippen LogP contribution in [0, 0.1) is 18.8 Å². The number of Topliss-reactive ketones (excluding diaryl/α,β-unsaturated/α-hetero) is 1. The Labute approximate surface area is 131 Å². The highest BCUT2D eigenvalue weighted by molar-refractivity contribution is 5.98. The van der Waals surface area contributed by atoms with Gasteiger partial charge in [0.2, 0.25) is 0 Å². The zero-order valence-electron chi connectivity index (χ0n) is 13.0. The molecule has 1 fully saturated rings. The largest absolute Gasteiger partial charge is 0.336 e. The molecule has 22 heavy (non-hydrogen) atoms. The monoisotopic (exact) mass is 297 g/mol. The van der Waals surface area contributed by atoms with Crippen molar-refractivity contribution >= 4 is 5.78 Å². The minimum absolute atomic E-state index is 0.0260. The van der Waals surface area contributed by atoms with E-state index in [0.29, 0.717) is 5.92 Å². The molecule has 0 bridgehead atoms. The summed E-state index contributed by atoms with van der Waals surface area (Å²) in [6.07, 6.45) is 5.99. The molecule has 0 aliphatic carbocycles. The molecule has 0 saturated carbocycles. The molecule has 0 amide bonds. The standard InChI is InChI=1S/C18H23N3O/c1-14-11-21(13-20-14)12-17(15-7-9-19-10-8-15)18(22)16-5-3-2-4-6-16/h2-6,11,13,15,17,19H,7-10,12H2,1H3. The average Bonchev–Trinajstić information content (AvgIpc) is 2.99. The lowest BCUT2D eigenvalue weighted by Crippen LogP contribution is -2.36. The van der Waals surface area contributed by atoms with Crippen LogP contribution in [-0.4, -0.2) is 28.4 Å². The van der Waals surface area contributed by atoms with Gasteiger partial charge in [-0.1, -0.05) is 30.3 Å². The quantitative estimate of drug-likeness (QED) is 0.863. The molecule has 2 aromatic rings. The molecule has 4 heteroatoms. The van der Waals surface area contributed by atoms with E-state index in [4.69, 9.17) is 0 Å². The van der Waals surface area contributed by atoms with Crippen LogP contribution >= 0.6 is 0 Å². The summed E-state index contributed by atoms with van der Waals surface area (Å²) in [6.45, 7) is 4.71. The van der Waals surface area contributed by atoms with Gasteiger partial charge in [-0.05, 0) is 38.8 Å². The molecule has 1 aromatic carbocycles. The molecule has 1 saturated heterocycles. The van der Waals surface area contributed by atoms with Crippen LogP contribution in [-0.2, 0) is 6.54 Å². The Morgan fingerprint density at radius 3 is 2.68 bits per heavy atom. The van der Waals surface area contributed by atoms with Crippen molar-refractivity contribution in [2.45, 2.75) is 26.3 Å². The van der Waals surface area contributed by atoms with E-state index in [0.717, 1.165) is 43.7 Å². The summed E-state index contributed by atoms with van der Waals surface area (Å²) in [7, 11) is 0. The normalized spacial score (nSPS) is 17.3. The first-order valence-corrected chi connectivity index (χ1v) is 8.02. The summed E-state index contributed by atoms with van der Waals surface area (Å²) >= 11 is 0. The van der Waals surface area contributed by atoms with Gasteiger partial charge in [0.1, 0.15) is 0 Å². The first-order valence-electron chi connectivity index (χ1n) is 8.02. The van der Waals surface area contributed by atoms with Gasteiger partial charge >= 0.3 is 0 Å². The van der Waals surface area contributed by atoms with Crippen molar-refractivity contribution in [3.05, 3.63) is 54.1 Å². The zero-order chi connectivity index (χ0) is 15.4. The zero-order valence-corrected chi connectivity index (χ0v) is 13.0. The summed E-state index contributed by atoms with van der Waals surface area (Å²) < 4.78 is 2.06. The van der Waals surface area contributed by atoms with E-state index in [1.165, 1.54) is 0 Å². The molecule has 1 unspecified atom stereocenters. The van der Waals surface area contributed by atoms with Crippen molar-refractivity contribution in [3.8, 4) is 0 Å². The molecule has 3 rings (SSSR count). The van der Waals surface area contributed by atoms with Gasteiger partial charge in [-0.15, -0.1) is 0 Å². The van der Waals surface area contributed by atoms with Crippen molar-refractivity contribution in [1.29, 1.82) is 0 Å². The third kappa shape index (κ3) is 3.45. The molecular weight excluding hydrogens is 274 g/mol. The number of hydrogen-bond donors (Lipinski definition) is 1. The number of aryl methyl sites for hydroxylation is 1. The molecule has 4 nitrogen and oxygen atoms in total. The maximum atomic E-state index is 13.0. The summed E-state index contributed by atoms with van der Waals surface area (Å²) in [5, 5.41) is 3.39. The number of nitrogens with zero attached hydrogens (tertiary/aromatic N) is 2. The number of piperidine rings is 1. The van der Waals surface area contributed by atoms with Gasteiger partial charge in [0.15, 0.2) is 5.78 Å². The number of benzene rings is 1. The SMILES string of the molecule is Cc1cn(CC(C(=O)c2ccccc2)C2CCNCC2)cn1. The highest BCUT2D eigenvalue weighted by Gasteiger charge is 2.30. The van der Waals surface area contributed by atoms with Crippen LogP contribution in [0.15, 0.2) is 42.9 Å². The van der Waals surface area contributed by atoms with Crippen LogP contribution in [0.25, 0.3) is 0 Å². The second-order valence-corrected chi connectivity index (χ2v) is 6.14. The Hall–Kier alpha value is -1.94. The Morgan fingerprint density at radius 2 is 2.05 bits per heavy atom. The highest BCUT2D eigenvalue weighted by Crippen LogP contribution is 2.27. The second kappa shape index (κ2) is 6.88.